The first-order valence-electron chi connectivity index (χ1n) is 5.54. The molecule has 0 bridgehead atoms. The summed E-state index contributed by atoms with van der Waals surface area (Å²) < 4.78 is 38.4. The smallest absolute Gasteiger partial charge is 0.416 e. The minimum Gasteiger partial charge on any atom is -0.508 e. The molecule has 0 aliphatic carbocycles. The highest BCUT2D eigenvalue weighted by atomic mass is 32.2. The highest BCUT2D eigenvalue weighted by molar-refractivity contribution is 7.98. The second-order valence-corrected chi connectivity index (χ2v) is 4.99. The Balaban J connectivity index is 2.16. The van der Waals surface area contributed by atoms with E-state index in [0.29, 0.717) is 0 Å². The Morgan fingerprint density at radius 3 is 2.42 bits per heavy atom. The molecule has 100 valence electrons. The van der Waals surface area contributed by atoms with Gasteiger partial charge in [0.05, 0.1) is 5.56 Å². The van der Waals surface area contributed by atoms with Crippen LogP contribution in [0.2, 0.25) is 0 Å². The molecule has 5 heteroatoms. The van der Waals surface area contributed by atoms with Gasteiger partial charge in [0, 0.05) is 10.6 Å². The molecule has 0 unspecified atom stereocenters. The molecule has 2 rings (SSSR count). The highest BCUT2D eigenvalue weighted by Crippen LogP contribution is 2.35. The first-order chi connectivity index (χ1) is 8.97. The molecule has 0 aliphatic rings. The maximum absolute atomic E-state index is 12.8. The molecular formula is C14H11F3OS. The van der Waals surface area contributed by atoms with E-state index >= 15 is 0 Å². The van der Waals surface area contributed by atoms with Gasteiger partial charge in [-0.05, 0) is 29.8 Å². The number of phenols is 1. The topological polar surface area (TPSA) is 20.2 Å². The molecule has 0 heterocycles. The van der Waals surface area contributed by atoms with Crippen molar-refractivity contribution in [1.82, 2.24) is 0 Å². The molecule has 0 saturated heterocycles. The molecule has 0 amide bonds. The van der Waals surface area contributed by atoms with Gasteiger partial charge in [-0.1, -0.05) is 24.3 Å². The van der Waals surface area contributed by atoms with E-state index in [1.54, 1.807) is 18.2 Å². The van der Waals surface area contributed by atoms with Crippen molar-refractivity contribution in [3.63, 3.8) is 0 Å². The second-order valence-electron chi connectivity index (χ2n) is 3.94. The average molecular weight is 284 g/mol. The second kappa shape index (κ2) is 5.57. The zero-order valence-electron chi connectivity index (χ0n) is 9.82. The van der Waals surface area contributed by atoms with Crippen molar-refractivity contribution in [3.05, 3.63) is 59.7 Å². The van der Waals surface area contributed by atoms with E-state index in [1.807, 2.05) is 0 Å². The normalized spacial score (nSPS) is 11.5. The van der Waals surface area contributed by atoms with Crippen LogP contribution in [0.15, 0.2) is 53.4 Å². The lowest BCUT2D eigenvalue weighted by Crippen LogP contribution is -2.08. The third-order valence-corrected chi connectivity index (χ3v) is 3.58. The number of phenolic OH excluding ortho intramolecular Hbond substituents is 1. The molecule has 0 saturated carbocycles. The van der Waals surface area contributed by atoms with E-state index in [2.05, 4.69) is 0 Å². The molecule has 2 aromatic rings. The highest BCUT2D eigenvalue weighted by Gasteiger charge is 2.32. The monoisotopic (exact) mass is 284 g/mol. The third kappa shape index (κ3) is 3.67. The van der Waals surface area contributed by atoms with Gasteiger partial charge in [-0.15, -0.1) is 11.8 Å². The maximum atomic E-state index is 12.8. The number of hydrogen-bond acceptors (Lipinski definition) is 2. The summed E-state index contributed by atoms with van der Waals surface area (Å²) in [7, 11) is 0. The molecule has 0 atom stereocenters. The Morgan fingerprint density at radius 2 is 1.74 bits per heavy atom. The SMILES string of the molecule is Oc1cccc(SCc2ccccc2C(F)(F)F)c1. The van der Waals surface area contributed by atoms with Crippen LogP contribution in [0.3, 0.4) is 0 Å². The van der Waals surface area contributed by atoms with Crippen LogP contribution in [-0.2, 0) is 11.9 Å². The van der Waals surface area contributed by atoms with E-state index in [1.165, 1.54) is 36.0 Å². The molecule has 2 aromatic carbocycles. The number of halogens is 3. The third-order valence-electron chi connectivity index (χ3n) is 2.53. The average Bonchev–Trinajstić information content (AvgIpc) is 2.36. The lowest BCUT2D eigenvalue weighted by Gasteiger charge is -2.12. The predicted molar refractivity (Wildman–Crippen MR) is 69.1 cm³/mol. The van der Waals surface area contributed by atoms with Crippen molar-refractivity contribution >= 4 is 11.8 Å². The quantitative estimate of drug-likeness (QED) is 0.824. The summed E-state index contributed by atoms with van der Waals surface area (Å²) in [5.74, 6) is 0.313. The van der Waals surface area contributed by atoms with Crippen LogP contribution in [0.1, 0.15) is 11.1 Å². The van der Waals surface area contributed by atoms with E-state index in [-0.39, 0.29) is 17.1 Å². The Morgan fingerprint density at radius 1 is 1.00 bits per heavy atom. The van der Waals surface area contributed by atoms with E-state index in [4.69, 9.17) is 0 Å². The summed E-state index contributed by atoms with van der Waals surface area (Å²) in [5, 5.41) is 9.30. The Kier molecular flexibility index (Phi) is 4.04. The number of thioether (sulfide) groups is 1. The molecule has 0 spiro atoms. The molecule has 0 aromatic heterocycles. The minimum absolute atomic E-state index is 0.106. The van der Waals surface area contributed by atoms with Crippen molar-refractivity contribution < 1.29 is 18.3 Å². The van der Waals surface area contributed by atoms with Crippen molar-refractivity contribution in [1.29, 1.82) is 0 Å². The van der Waals surface area contributed by atoms with Gasteiger partial charge in [-0.25, -0.2) is 0 Å². The van der Waals surface area contributed by atoms with E-state index in [0.717, 1.165) is 11.0 Å². The van der Waals surface area contributed by atoms with Crippen LogP contribution >= 0.6 is 11.8 Å². The number of hydrogen-bond donors (Lipinski definition) is 1. The van der Waals surface area contributed by atoms with Crippen molar-refractivity contribution in [3.8, 4) is 5.75 Å². The molecule has 1 N–H and O–H groups in total. The van der Waals surface area contributed by atoms with Gasteiger partial charge in [0.25, 0.3) is 0 Å². The first-order valence-corrected chi connectivity index (χ1v) is 6.52. The molecule has 19 heavy (non-hydrogen) atoms. The Bertz CT molecular complexity index is 567. The van der Waals surface area contributed by atoms with Crippen LogP contribution in [0.25, 0.3) is 0 Å². The van der Waals surface area contributed by atoms with E-state index in [9.17, 15) is 18.3 Å². The Hall–Kier alpha value is -1.62. The number of aromatic hydroxyl groups is 1. The van der Waals surface area contributed by atoms with Gasteiger partial charge in [-0.3, -0.25) is 0 Å². The van der Waals surface area contributed by atoms with Gasteiger partial charge in [0.1, 0.15) is 5.75 Å². The fourth-order valence-corrected chi connectivity index (χ4v) is 2.61. The molecule has 0 radical (unpaired) electrons. The van der Waals surface area contributed by atoms with Gasteiger partial charge >= 0.3 is 6.18 Å². The number of rotatable bonds is 3. The maximum Gasteiger partial charge on any atom is 0.416 e. The minimum atomic E-state index is -4.34. The summed E-state index contributed by atoms with van der Waals surface area (Å²) in [6.45, 7) is 0. The van der Waals surface area contributed by atoms with Crippen molar-refractivity contribution in [2.24, 2.45) is 0 Å². The fourth-order valence-electron chi connectivity index (χ4n) is 1.66. The van der Waals surface area contributed by atoms with Gasteiger partial charge in [-0.2, -0.15) is 13.2 Å². The number of benzene rings is 2. The lowest BCUT2D eigenvalue weighted by atomic mass is 10.1. The van der Waals surface area contributed by atoms with Crippen LogP contribution < -0.4 is 0 Å². The van der Waals surface area contributed by atoms with Crippen LogP contribution in [0.4, 0.5) is 13.2 Å². The lowest BCUT2D eigenvalue weighted by molar-refractivity contribution is -0.138. The van der Waals surface area contributed by atoms with Gasteiger partial charge in [0.15, 0.2) is 0 Å². The zero-order chi connectivity index (χ0) is 13.9. The summed E-state index contributed by atoms with van der Waals surface area (Å²) in [4.78, 5) is 0.733. The summed E-state index contributed by atoms with van der Waals surface area (Å²) in [6.07, 6.45) is -4.34. The molecular weight excluding hydrogens is 273 g/mol. The Labute approximate surface area is 113 Å². The summed E-state index contributed by atoms with van der Waals surface area (Å²) >= 11 is 1.26. The van der Waals surface area contributed by atoms with Crippen LogP contribution in [-0.4, -0.2) is 5.11 Å². The number of alkyl halides is 3. The van der Waals surface area contributed by atoms with Crippen molar-refractivity contribution in [2.75, 3.05) is 0 Å². The standard InChI is InChI=1S/C14H11F3OS/c15-14(16,17)13-7-2-1-4-10(13)9-19-12-6-3-5-11(18)8-12/h1-8,18H,9H2. The largest absolute Gasteiger partial charge is 0.508 e. The van der Waals surface area contributed by atoms with Crippen molar-refractivity contribution in [2.45, 2.75) is 16.8 Å². The zero-order valence-corrected chi connectivity index (χ0v) is 10.6. The first kappa shape index (κ1) is 13.8. The van der Waals surface area contributed by atoms with E-state index < -0.39 is 11.7 Å². The predicted octanol–water partition coefficient (Wildman–Crippen LogP) is 4.70. The summed E-state index contributed by atoms with van der Waals surface area (Å²) in [5.41, 5.74) is -0.369. The fraction of sp³-hybridized carbons (Fsp3) is 0.143. The van der Waals surface area contributed by atoms with Gasteiger partial charge < -0.3 is 5.11 Å². The van der Waals surface area contributed by atoms with Gasteiger partial charge in [0.2, 0.25) is 0 Å². The van der Waals surface area contributed by atoms with Crippen LogP contribution in [0.5, 0.6) is 5.75 Å². The molecule has 1 nitrogen and oxygen atoms in total. The molecule has 0 aliphatic heterocycles. The summed E-state index contributed by atoms with van der Waals surface area (Å²) in [6, 6.07) is 12.0. The molecule has 0 fully saturated rings. The van der Waals surface area contributed by atoms with Crippen LogP contribution in [0, 0.1) is 0 Å².